The average molecular weight is 235 g/mol. The first-order chi connectivity index (χ1) is 8.19. The standard InChI is InChI=1S/C13H17NO3/c1-3-17-13(15)12-9(14)7-8-5-4-6-10(16-2)11(8)12/h4-6,9,12H,3,7,14H2,1-2H3. The van der Waals surface area contributed by atoms with Crippen LogP contribution in [0.25, 0.3) is 0 Å². The maximum absolute atomic E-state index is 11.9. The maximum atomic E-state index is 11.9. The van der Waals surface area contributed by atoms with E-state index in [1.165, 1.54) is 0 Å². The molecule has 0 aromatic heterocycles. The second-order valence-electron chi connectivity index (χ2n) is 4.13. The predicted molar refractivity (Wildman–Crippen MR) is 64.0 cm³/mol. The van der Waals surface area contributed by atoms with E-state index in [0.29, 0.717) is 18.8 Å². The number of esters is 1. The lowest BCUT2D eigenvalue weighted by atomic mass is 9.98. The number of hydrogen-bond acceptors (Lipinski definition) is 4. The Morgan fingerprint density at radius 3 is 2.94 bits per heavy atom. The van der Waals surface area contributed by atoms with E-state index in [1.54, 1.807) is 14.0 Å². The van der Waals surface area contributed by atoms with Gasteiger partial charge in [-0.3, -0.25) is 4.79 Å². The smallest absolute Gasteiger partial charge is 0.315 e. The summed E-state index contributed by atoms with van der Waals surface area (Å²) in [4.78, 5) is 11.9. The van der Waals surface area contributed by atoms with Gasteiger partial charge in [0.1, 0.15) is 11.7 Å². The minimum atomic E-state index is -0.402. The van der Waals surface area contributed by atoms with E-state index in [4.69, 9.17) is 15.2 Å². The lowest BCUT2D eigenvalue weighted by molar-refractivity contribution is -0.145. The highest BCUT2D eigenvalue weighted by Crippen LogP contribution is 2.39. The molecular formula is C13H17NO3. The van der Waals surface area contributed by atoms with E-state index in [-0.39, 0.29) is 12.0 Å². The summed E-state index contributed by atoms with van der Waals surface area (Å²) in [6.45, 7) is 2.16. The fourth-order valence-electron chi connectivity index (χ4n) is 2.41. The summed E-state index contributed by atoms with van der Waals surface area (Å²) in [5.74, 6) is 0.0536. The Hall–Kier alpha value is -1.55. The van der Waals surface area contributed by atoms with Gasteiger partial charge in [0.05, 0.1) is 13.7 Å². The number of hydrogen-bond donors (Lipinski definition) is 1. The van der Waals surface area contributed by atoms with Crippen molar-refractivity contribution in [2.75, 3.05) is 13.7 Å². The normalized spacial score (nSPS) is 22.1. The third-order valence-electron chi connectivity index (χ3n) is 3.11. The van der Waals surface area contributed by atoms with Crippen molar-refractivity contribution in [3.63, 3.8) is 0 Å². The van der Waals surface area contributed by atoms with Crippen LogP contribution in [-0.2, 0) is 16.0 Å². The van der Waals surface area contributed by atoms with Crippen LogP contribution in [0.4, 0.5) is 0 Å². The summed E-state index contributed by atoms with van der Waals surface area (Å²) in [6.07, 6.45) is 0.690. The summed E-state index contributed by atoms with van der Waals surface area (Å²) >= 11 is 0. The molecule has 0 heterocycles. The first-order valence-corrected chi connectivity index (χ1v) is 5.77. The summed E-state index contributed by atoms with van der Waals surface area (Å²) in [5, 5.41) is 0. The fraction of sp³-hybridized carbons (Fsp3) is 0.462. The predicted octanol–water partition coefficient (Wildman–Crippen LogP) is 1.23. The minimum absolute atomic E-state index is 0.222. The molecule has 2 rings (SSSR count). The highest BCUT2D eigenvalue weighted by atomic mass is 16.5. The minimum Gasteiger partial charge on any atom is -0.496 e. The second kappa shape index (κ2) is 4.75. The van der Waals surface area contributed by atoms with Gasteiger partial charge in [0, 0.05) is 11.6 Å². The van der Waals surface area contributed by atoms with Crippen LogP contribution in [0.5, 0.6) is 5.75 Å². The highest BCUT2D eigenvalue weighted by Gasteiger charge is 2.38. The number of nitrogens with two attached hydrogens (primary N) is 1. The van der Waals surface area contributed by atoms with Crippen LogP contribution in [-0.4, -0.2) is 25.7 Å². The largest absolute Gasteiger partial charge is 0.496 e. The van der Waals surface area contributed by atoms with Gasteiger partial charge >= 0.3 is 5.97 Å². The molecule has 0 spiro atoms. The Morgan fingerprint density at radius 1 is 1.53 bits per heavy atom. The molecule has 4 heteroatoms. The Kier molecular flexibility index (Phi) is 3.33. The SMILES string of the molecule is CCOC(=O)C1c2c(cccc2OC)CC1N. The van der Waals surface area contributed by atoms with Crippen LogP contribution in [0.3, 0.4) is 0 Å². The van der Waals surface area contributed by atoms with E-state index >= 15 is 0 Å². The van der Waals surface area contributed by atoms with E-state index in [2.05, 4.69) is 0 Å². The summed E-state index contributed by atoms with van der Waals surface area (Å²) in [5.41, 5.74) is 8.00. The number of fused-ring (bicyclic) bond motifs is 1. The van der Waals surface area contributed by atoms with Gasteiger partial charge in [-0.15, -0.1) is 0 Å². The molecule has 92 valence electrons. The summed E-state index contributed by atoms with van der Waals surface area (Å²) < 4.78 is 10.4. The van der Waals surface area contributed by atoms with Gasteiger partial charge in [-0.25, -0.2) is 0 Å². The third-order valence-corrected chi connectivity index (χ3v) is 3.11. The van der Waals surface area contributed by atoms with Crippen molar-refractivity contribution in [3.8, 4) is 5.75 Å². The Labute approximate surface area is 101 Å². The summed E-state index contributed by atoms with van der Waals surface area (Å²) in [6, 6.07) is 5.53. The molecule has 2 N–H and O–H groups in total. The van der Waals surface area contributed by atoms with Gasteiger partial charge in [0.25, 0.3) is 0 Å². The molecule has 0 aliphatic heterocycles. The van der Waals surface area contributed by atoms with Crippen molar-refractivity contribution in [1.82, 2.24) is 0 Å². The Morgan fingerprint density at radius 2 is 2.29 bits per heavy atom. The van der Waals surface area contributed by atoms with Crippen LogP contribution in [0.2, 0.25) is 0 Å². The molecular weight excluding hydrogens is 218 g/mol. The number of carbonyl (C=O) groups excluding carboxylic acids is 1. The van der Waals surface area contributed by atoms with Crippen molar-refractivity contribution in [2.45, 2.75) is 25.3 Å². The van der Waals surface area contributed by atoms with Gasteiger partial charge in [-0.1, -0.05) is 12.1 Å². The lowest BCUT2D eigenvalue weighted by Crippen LogP contribution is -2.31. The molecule has 0 bridgehead atoms. The number of methoxy groups -OCH3 is 1. The number of carbonyl (C=O) groups is 1. The molecule has 17 heavy (non-hydrogen) atoms. The van der Waals surface area contributed by atoms with Crippen molar-refractivity contribution >= 4 is 5.97 Å². The topological polar surface area (TPSA) is 61.5 Å². The quantitative estimate of drug-likeness (QED) is 0.800. The van der Waals surface area contributed by atoms with Crippen LogP contribution in [0.15, 0.2) is 18.2 Å². The molecule has 0 radical (unpaired) electrons. The van der Waals surface area contributed by atoms with Gasteiger partial charge in [0.15, 0.2) is 0 Å². The van der Waals surface area contributed by atoms with Crippen LogP contribution in [0, 0.1) is 0 Å². The monoisotopic (exact) mass is 235 g/mol. The molecule has 0 amide bonds. The van der Waals surface area contributed by atoms with Crippen molar-refractivity contribution in [3.05, 3.63) is 29.3 Å². The van der Waals surface area contributed by atoms with Crippen LogP contribution >= 0.6 is 0 Å². The molecule has 0 fully saturated rings. The molecule has 0 saturated carbocycles. The van der Waals surface area contributed by atoms with Gasteiger partial charge in [0.2, 0.25) is 0 Å². The van der Waals surface area contributed by atoms with E-state index in [1.807, 2.05) is 18.2 Å². The Bertz CT molecular complexity index is 431. The molecule has 2 unspecified atom stereocenters. The fourth-order valence-corrected chi connectivity index (χ4v) is 2.41. The number of benzene rings is 1. The van der Waals surface area contributed by atoms with E-state index < -0.39 is 5.92 Å². The Balaban J connectivity index is 2.41. The molecule has 1 aliphatic rings. The highest BCUT2D eigenvalue weighted by molar-refractivity contribution is 5.82. The molecule has 1 aromatic carbocycles. The lowest BCUT2D eigenvalue weighted by Gasteiger charge is -2.16. The van der Waals surface area contributed by atoms with Crippen molar-refractivity contribution in [2.24, 2.45) is 5.73 Å². The summed E-state index contributed by atoms with van der Waals surface area (Å²) in [7, 11) is 1.60. The van der Waals surface area contributed by atoms with Gasteiger partial charge in [-0.2, -0.15) is 0 Å². The zero-order chi connectivity index (χ0) is 12.4. The average Bonchev–Trinajstić information content (AvgIpc) is 2.65. The molecule has 1 aromatic rings. The van der Waals surface area contributed by atoms with E-state index in [9.17, 15) is 4.79 Å². The van der Waals surface area contributed by atoms with Crippen molar-refractivity contribution < 1.29 is 14.3 Å². The zero-order valence-corrected chi connectivity index (χ0v) is 10.1. The third kappa shape index (κ3) is 2.00. The second-order valence-corrected chi connectivity index (χ2v) is 4.13. The first kappa shape index (κ1) is 11.9. The molecule has 4 nitrogen and oxygen atoms in total. The van der Waals surface area contributed by atoms with Gasteiger partial charge < -0.3 is 15.2 Å². The molecule has 0 saturated heterocycles. The van der Waals surface area contributed by atoms with E-state index in [0.717, 1.165) is 11.1 Å². The van der Waals surface area contributed by atoms with Crippen LogP contribution < -0.4 is 10.5 Å². The number of rotatable bonds is 3. The van der Waals surface area contributed by atoms with Crippen LogP contribution in [0.1, 0.15) is 24.0 Å². The van der Waals surface area contributed by atoms with Gasteiger partial charge in [-0.05, 0) is 25.0 Å². The first-order valence-electron chi connectivity index (χ1n) is 5.77. The van der Waals surface area contributed by atoms with Crippen molar-refractivity contribution in [1.29, 1.82) is 0 Å². The maximum Gasteiger partial charge on any atom is 0.315 e. The zero-order valence-electron chi connectivity index (χ0n) is 10.1. The molecule has 2 atom stereocenters. The number of ether oxygens (including phenoxy) is 2. The molecule has 1 aliphatic carbocycles.